The lowest BCUT2D eigenvalue weighted by Crippen LogP contribution is -2.38. The smallest absolute Gasteiger partial charge is 0.190 e. The number of aromatic nitrogens is 3. The minimum absolute atomic E-state index is 0.848. The quantitative estimate of drug-likeness (QED) is 0.437. The highest BCUT2D eigenvalue weighted by molar-refractivity contribution is 7.11. The molecular weight excluding hydrogens is 320 g/mol. The van der Waals surface area contributed by atoms with Crippen LogP contribution in [0.4, 0.5) is 0 Å². The Morgan fingerprint density at radius 1 is 1.21 bits per heavy atom. The number of unbranched alkanes of at least 4 members (excludes halogenated alkanes) is 1. The molecule has 7 heteroatoms. The Labute approximate surface area is 148 Å². The molecule has 0 aromatic carbocycles. The van der Waals surface area contributed by atoms with Crippen molar-refractivity contribution in [2.75, 3.05) is 20.1 Å². The minimum atomic E-state index is 0.848. The van der Waals surface area contributed by atoms with Crippen molar-refractivity contribution in [3.05, 3.63) is 33.8 Å². The third-order valence-electron chi connectivity index (χ3n) is 3.97. The molecule has 0 amide bonds. The van der Waals surface area contributed by atoms with Crippen molar-refractivity contribution < 1.29 is 0 Å². The largest absolute Gasteiger partial charge is 0.356 e. The van der Waals surface area contributed by atoms with Gasteiger partial charge in [-0.15, -0.1) is 11.3 Å². The van der Waals surface area contributed by atoms with Crippen LogP contribution in [-0.4, -0.2) is 40.6 Å². The summed E-state index contributed by atoms with van der Waals surface area (Å²) in [5, 5.41) is 7.90. The van der Waals surface area contributed by atoms with Crippen molar-refractivity contribution in [1.82, 2.24) is 25.2 Å². The number of aliphatic imine (C=N–C) groups is 1. The molecule has 2 N–H and O–H groups in total. The Bertz CT molecular complexity index is 638. The third kappa shape index (κ3) is 5.63. The fourth-order valence-electron chi connectivity index (χ4n) is 2.41. The van der Waals surface area contributed by atoms with Gasteiger partial charge in [-0.1, -0.05) is 0 Å². The summed E-state index contributed by atoms with van der Waals surface area (Å²) in [6, 6.07) is 0. The molecule has 0 aliphatic carbocycles. The van der Waals surface area contributed by atoms with Gasteiger partial charge < -0.3 is 15.2 Å². The molecule has 0 aliphatic rings. The van der Waals surface area contributed by atoms with Crippen LogP contribution >= 0.6 is 11.3 Å². The van der Waals surface area contributed by atoms with Gasteiger partial charge in [-0.3, -0.25) is 4.99 Å². The van der Waals surface area contributed by atoms with Gasteiger partial charge in [0.2, 0.25) is 0 Å². The number of rotatable bonds is 8. The number of imidazole rings is 1. The Morgan fingerprint density at radius 3 is 2.62 bits per heavy atom. The number of thiazole rings is 1. The van der Waals surface area contributed by atoms with E-state index in [-0.39, 0.29) is 0 Å². The second-order valence-electron chi connectivity index (χ2n) is 5.80. The molecule has 0 fully saturated rings. The lowest BCUT2D eigenvalue weighted by Gasteiger charge is -2.11. The van der Waals surface area contributed by atoms with Gasteiger partial charge in [-0.05, 0) is 33.6 Å². The third-order valence-corrected chi connectivity index (χ3v) is 5.10. The molecule has 2 aromatic rings. The molecular formula is C17H28N6S. The normalized spacial score (nSPS) is 11.8. The highest BCUT2D eigenvalue weighted by atomic mass is 32.1. The molecule has 0 aliphatic heterocycles. The molecule has 6 nitrogen and oxygen atoms in total. The molecule has 0 spiro atoms. The number of aryl methyl sites for hydroxylation is 4. The van der Waals surface area contributed by atoms with E-state index in [1.807, 2.05) is 26.4 Å². The Morgan fingerprint density at radius 2 is 2.00 bits per heavy atom. The van der Waals surface area contributed by atoms with E-state index >= 15 is 0 Å². The molecule has 2 rings (SSSR count). The molecule has 0 bridgehead atoms. The maximum Gasteiger partial charge on any atom is 0.190 e. The predicted octanol–water partition coefficient (Wildman–Crippen LogP) is 2.45. The van der Waals surface area contributed by atoms with E-state index in [0.717, 1.165) is 56.4 Å². The molecule has 0 atom stereocenters. The van der Waals surface area contributed by atoms with Gasteiger partial charge in [-0.25, -0.2) is 9.97 Å². The molecule has 132 valence electrons. The minimum Gasteiger partial charge on any atom is -0.356 e. The lowest BCUT2D eigenvalue weighted by molar-refractivity contribution is 0.588. The Hall–Kier alpha value is -1.89. The molecule has 2 aromatic heterocycles. The summed E-state index contributed by atoms with van der Waals surface area (Å²) in [5.74, 6) is 1.94. The van der Waals surface area contributed by atoms with Crippen LogP contribution in [0.3, 0.4) is 0 Å². The van der Waals surface area contributed by atoms with E-state index in [1.54, 1.807) is 11.3 Å². The van der Waals surface area contributed by atoms with E-state index in [4.69, 9.17) is 0 Å². The first-order valence-electron chi connectivity index (χ1n) is 8.45. The van der Waals surface area contributed by atoms with Gasteiger partial charge in [0.05, 0.1) is 10.7 Å². The summed E-state index contributed by atoms with van der Waals surface area (Å²) in [6.45, 7) is 9.01. The van der Waals surface area contributed by atoms with Crippen LogP contribution in [0.2, 0.25) is 0 Å². The summed E-state index contributed by atoms with van der Waals surface area (Å²) >= 11 is 1.78. The zero-order valence-electron chi connectivity index (χ0n) is 15.1. The lowest BCUT2D eigenvalue weighted by atomic mass is 10.3. The zero-order chi connectivity index (χ0) is 17.4. The highest BCUT2D eigenvalue weighted by Gasteiger charge is 2.04. The zero-order valence-corrected chi connectivity index (χ0v) is 15.9. The van der Waals surface area contributed by atoms with Gasteiger partial charge in [0.25, 0.3) is 0 Å². The summed E-state index contributed by atoms with van der Waals surface area (Å²) < 4.78 is 2.19. The first-order valence-corrected chi connectivity index (χ1v) is 9.27. The van der Waals surface area contributed by atoms with Gasteiger partial charge in [0.1, 0.15) is 5.82 Å². The van der Waals surface area contributed by atoms with Crippen LogP contribution in [0.15, 0.2) is 17.4 Å². The summed E-state index contributed by atoms with van der Waals surface area (Å²) in [4.78, 5) is 14.4. The van der Waals surface area contributed by atoms with E-state index < -0.39 is 0 Å². The van der Waals surface area contributed by atoms with Crippen molar-refractivity contribution in [3.8, 4) is 0 Å². The molecule has 0 unspecified atom stereocenters. The summed E-state index contributed by atoms with van der Waals surface area (Å²) in [5.41, 5.74) is 1.14. The van der Waals surface area contributed by atoms with Gasteiger partial charge in [0, 0.05) is 50.4 Å². The van der Waals surface area contributed by atoms with E-state index in [1.165, 1.54) is 9.88 Å². The Kier molecular flexibility index (Phi) is 7.24. The first kappa shape index (κ1) is 18.4. The van der Waals surface area contributed by atoms with Crippen LogP contribution in [0.5, 0.6) is 0 Å². The monoisotopic (exact) mass is 348 g/mol. The summed E-state index contributed by atoms with van der Waals surface area (Å²) in [7, 11) is 1.81. The van der Waals surface area contributed by atoms with Crippen LogP contribution in [-0.2, 0) is 13.0 Å². The van der Waals surface area contributed by atoms with Crippen molar-refractivity contribution >= 4 is 17.3 Å². The number of nitrogens with zero attached hydrogens (tertiary/aromatic N) is 4. The predicted molar refractivity (Wildman–Crippen MR) is 101 cm³/mol. The fourth-order valence-corrected chi connectivity index (χ4v) is 3.34. The van der Waals surface area contributed by atoms with E-state index in [9.17, 15) is 0 Å². The Balaban J connectivity index is 1.59. The first-order chi connectivity index (χ1) is 11.6. The number of guanidine groups is 1. The van der Waals surface area contributed by atoms with Gasteiger partial charge in [0.15, 0.2) is 5.96 Å². The van der Waals surface area contributed by atoms with Crippen LogP contribution in [0.25, 0.3) is 0 Å². The number of hydrogen-bond donors (Lipinski definition) is 2. The van der Waals surface area contributed by atoms with Crippen molar-refractivity contribution in [2.45, 2.75) is 46.6 Å². The second-order valence-corrected chi connectivity index (χ2v) is 7.09. The van der Waals surface area contributed by atoms with Gasteiger partial charge in [-0.2, -0.15) is 0 Å². The van der Waals surface area contributed by atoms with Crippen molar-refractivity contribution in [2.24, 2.45) is 4.99 Å². The standard InChI is InChI=1S/C17H28N6S/c1-13-14(2)24-16(22-13)7-9-21-17(18-4)20-8-5-6-11-23-12-10-19-15(23)3/h10,12H,5-9,11H2,1-4H3,(H2,18,20,21). The highest BCUT2D eigenvalue weighted by Crippen LogP contribution is 2.16. The SMILES string of the molecule is CN=C(NCCCCn1ccnc1C)NCCc1nc(C)c(C)s1. The maximum absolute atomic E-state index is 4.56. The second kappa shape index (κ2) is 9.42. The molecule has 0 saturated carbocycles. The van der Waals surface area contributed by atoms with Crippen LogP contribution in [0.1, 0.15) is 34.2 Å². The van der Waals surface area contributed by atoms with Gasteiger partial charge >= 0.3 is 0 Å². The van der Waals surface area contributed by atoms with Crippen molar-refractivity contribution in [3.63, 3.8) is 0 Å². The van der Waals surface area contributed by atoms with Crippen molar-refractivity contribution in [1.29, 1.82) is 0 Å². The van der Waals surface area contributed by atoms with E-state index in [2.05, 4.69) is 44.0 Å². The van der Waals surface area contributed by atoms with Crippen LogP contribution in [0, 0.1) is 20.8 Å². The maximum atomic E-state index is 4.56. The summed E-state index contributed by atoms with van der Waals surface area (Å²) in [6.07, 6.45) is 7.04. The molecule has 24 heavy (non-hydrogen) atoms. The number of hydrogen-bond acceptors (Lipinski definition) is 4. The average Bonchev–Trinajstić information content (AvgIpc) is 3.11. The topological polar surface area (TPSA) is 67.1 Å². The van der Waals surface area contributed by atoms with Crippen LogP contribution < -0.4 is 10.6 Å². The fraction of sp³-hybridized carbons (Fsp3) is 0.588. The van der Waals surface area contributed by atoms with E-state index in [0.29, 0.717) is 0 Å². The molecule has 0 radical (unpaired) electrons. The average molecular weight is 349 g/mol. The molecule has 2 heterocycles. The number of nitrogens with one attached hydrogen (secondary N) is 2. The molecule has 0 saturated heterocycles.